The van der Waals surface area contributed by atoms with Crippen LogP contribution in [-0.2, 0) is 24.3 Å². The van der Waals surface area contributed by atoms with Gasteiger partial charge in [-0.15, -0.1) is 0 Å². The van der Waals surface area contributed by atoms with Crippen molar-refractivity contribution in [2.75, 3.05) is 21.3 Å². The van der Waals surface area contributed by atoms with Crippen molar-refractivity contribution in [1.29, 1.82) is 0 Å². The molecular weight excluding hydrogens is 1970 g/mol. The number of benzene rings is 1. The van der Waals surface area contributed by atoms with E-state index in [1.807, 2.05) is 84.9 Å². The van der Waals surface area contributed by atoms with Crippen LogP contribution < -0.4 is 33.6 Å². The predicted molar refractivity (Wildman–Crippen MR) is 518 cm³/mol. The van der Waals surface area contributed by atoms with Gasteiger partial charge in [0, 0.05) is 276 Å². The van der Waals surface area contributed by atoms with Crippen LogP contribution in [0.15, 0.2) is 333 Å². The SMILES string of the molecule is Brc1cncc(Br)c1.C.C=C(C)C(=O)CCCCCC(=O)c1cncc(-c2cncc(-c3cccnc3)c2)c1.COC(=O)c1cncc(-c2cncc(-c3cccnc3)c2)c1.COC(=O)c1cncc(-c2cncc(Br)c2)c1.COC(=O)c1cncc(O[B]O)c1.O=C(O)c1cncc(-c2cncc(-c3cccnc3)c2)c1.OB(O)c1ccccc1CBr.O[B]Oc1cccnc1.[Li+].[OH-]. The minimum absolute atomic E-state index is 0. The summed E-state index contributed by atoms with van der Waals surface area (Å²) in [4.78, 5) is 126. The van der Waals surface area contributed by atoms with Crippen LogP contribution in [0.3, 0.4) is 0 Å². The van der Waals surface area contributed by atoms with E-state index in [1.165, 1.54) is 64.6 Å². The Bertz CT molecular complexity index is 6210. The molecule has 6 N–H and O–H groups in total. The van der Waals surface area contributed by atoms with Crippen molar-refractivity contribution in [2.45, 2.75) is 51.8 Å². The van der Waals surface area contributed by atoms with Crippen molar-refractivity contribution in [1.82, 2.24) is 69.8 Å². The van der Waals surface area contributed by atoms with Gasteiger partial charge in [0.15, 0.2) is 11.6 Å². The maximum atomic E-state index is 12.6. The molecule has 2 radical (unpaired) electrons. The summed E-state index contributed by atoms with van der Waals surface area (Å²) in [5, 5.41) is 43.9. The van der Waals surface area contributed by atoms with Crippen molar-refractivity contribution >= 4 is 127 Å². The van der Waals surface area contributed by atoms with E-state index in [0.717, 1.165) is 111 Å². The number of allylic oxidation sites excluding steroid dienone is 1. The molecule has 15 rings (SSSR count). The van der Waals surface area contributed by atoms with E-state index in [-0.39, 0.29) is 60.2 Å². The summed E-state index contributed by atoms with van der Waals surface area (Å²) in [6.45, 7) is 5.39. The molecule has 0 unspecified atom stereocenters. The second-order valence-corrected chi connectivity index (χ2v) is 30.2. The van der Waals surface area contributed by atoms with Crippen LogP contribution >= 0.6 is 63.7 Å². The number of carboxylic acids is 1. The summed E-state index contributed by atoms with van der Waals surface area (Å²) < 4.78 is 25.9. The van der Waals surface area contributed by atoms with Gasteiger partial charge in [-0.05, 0) is 175 Å². The van der Waals surface area contributed by atoms with Gasteiger partial charge >= 0.3 is 65.2 Å². The Hall–Kier alpha value is -13.6. The molecule has 0 fully saturated rings. The zero-order valence-corrected chi connectivity index (χ0v) is 78.3. The van der Waals surface area contributed by atoms with Crippen molar-refractivity contribution < 1.29 is 102 Å². The van der Waals surface area contributed by atoms with Crippen LogP contribution in [0.2, 0.25) is 0 Å². The van der Waals surface area contributed by atoms with E-state index in [0.29, 0.717) is 72.6 Å². The summed E-state index contributed by atoms with van der Waals surface area (Å²) >= 11 is 13.1. The van der Waals surface area contributed by atoms with Crippen molar-refractivity contribution in [2.24, 2.45) is 0 Å². The van der Waals surface area contributed by atoms with Crippen LogP contribution in [0.4, 0.5) is 0 Å². The Morgan fingerprint density at radius 1 is 0.366 bits per heavy atom. The molecule has 15 aromatic rings. The second-order valence-electron chi connectivity index (χ2n) is 26.9. The molecule has 14 heterocycles. The number of pyridine rings is 14. The van der Waals surface area contributed by atoms with Crippen molar-refractivity contribution in [3.05, 3.63) is 366 Å². The van der Waals surface area contributed by atoms with Crippen LogP contribution in [0, 0.1) is 0 Å². The number of aromatic nitrogens is 14. The standard InChI is InChI=1S/C25H25N3O2.C17H13N3O2.C16H11N3O2.C12H9BrN2O2.C7H8BBrO2.C7H7BNO4.C5H5BNO2.C5H3Br2N.CH4.Li.H2O/c1-18(2)24(29)8-4-3-5-9-25(30)23-12-22(16-28-17-23)21-11-20(14-27-15-21)19-7-6-10-26-13-19;1-22-17(21)16-6-15(10-20-11-16)14-5-13(8-19-9-14)12-3-2-4-18-7-12;20-16(21)15-5-14(9-19-10-15)13-4-12(7-18-8-13)11-2-1-3-17-6-11;1-17-12(16)10-2-8(4-14-6-10)9-3-11(13)7-15-5-9;9-5-6-3-1-2-4-7(6)8(10)11;1-12-7(10)5-2-6(13-8-11)4-9-3-5;8-6-9-5-2-1-3-7-4-5;6-4-1-5(7)3-8-2-4;;;/h6-7,10-17H,1,3-5,8-9H2,2H3;2-11H,1H3;1-10H,(H,20,21);2-7H,1H3;1-4,10-11H,5H2;2-4,11H,1H3;1-4,8H;1-3H;1H4;;1H2/q;;;;;;;;;+1;/p-1. The smallest absolute Gasteiger partial charge is 0.870 e. The number of unbranched alkanes of at least 4 members (excludes halogenated alkanes) is 2. The van der Waals surface area contributed by atoms with Crippen LogP contribution in [-0.4, -0.2) is 180 Å². The molecule has 0 aliphatic heterocycles. The number of aromatic carboxylic acids is 1. The maximum Gasteiger partial charge on any atom is 1.00 e. The molecular formula is C95H86B3Br4LiN14O17. The molecule has 31 nitrogen and oxygen atoms in total. The van der Waals surface area contributed by atoms with Crippen molar-refractivity contribution in [3.63, 3.8) is 0 Å². The molecule has 676 valence electrons. The zero-order chi connectivity index (χ0) is 94.1. The van der Waals surface area contributed by atoms with Crippen LogP contribution in [0.25, 0.3) is 77.9 Å². The average Bonchev–Trinajstić information content (AvgIpc) is 0.831. The maximum absolute atomic E-state index is 12.6. The minimum Gasteiger partial charge on any atom is -0.870 e. The number of halogens is 4. The Balaban J connectivity index is 0.000000279. The molecule has 1 aromatic carbocycles. The van der Waals surface area contributed by atoms with Crippen molar-refractivity contribution in [3.8, 4) is 89.4 Å². The number of hydrogen-bond acceptors (Lipinski definition) is 30. The summed E-state index contributed by atoms with van der Waals surface area (Å²) in [5.41, 5.74) is 16.3. The summed E-state index contributed by atoms with van der Waals surface area (Å²) in [6.07, 6.45) is 49.7. The number of carboxylic acid groups (broad SMARTS) is 1. The molecule has 0 spiro atoms. The molecule has 14 aromatic heterocycles. The quantitative estimate of drug-likeness (QED) is 0.00675. The first kappa shape index (κ1) is 111. The minimum atomic E-state index is -1.37. The van der Waals surface area contributed by atoms with Gasteiger partial charge in [-0.25, -0.2) is 19.2 Å². The Morgan fingerprint density at radius 3 is 1.04 bits per heavy atom. The first-order valence-electron chi connectivity index (χ1n) is 39.1. The Morgan fingerprint density at radius 2 is 0.679 bits per heavy atom. The molecule has 0 amide bonds. The number of methoxy groups -OCH3 is 3. The Kier molecular flexibility index (Phi) is 50.6. The van der Waals surface area contributed by atoms with E-state index in [1.54, 1.807) is 186 Å². The fraction of sp³-hybridized carbons (Fsp3) is 0.116. The average molecular weight is 2050 g/mol. The molecule has 0 aliphatic carbocycles. The molecule has 0 aliphatic rings. The van der Waals surface area contributed by atoms with Gasteiger partial charge in [-0.1, -0.05) is 78.8 Å². The first-order valence-corrected chi connectivity index (χ1v) is 42.6. The number of Topliss-reactive ketones (excluding diaryl/α,β-unsaturated/α-hetero) is 2. The molecule has 0 atom stereocenters. The monoisotopic (exact) mass is 2050 g/mol. The van der Waals surface area contributed by atoms with Gasteiger partial charge in [0.1, 0.15) is 11.5 Å². The van der Waals surface area contributed by atoms with E-state index >= 15 is 0 Å². The predicted octanol–water partition coefficient (Wildman–Crippen LogP) is 14.2. The topological polar surface area (TPSA) is 460 Å². The number of rotatable bonds is 25. The van der Waals surface area contributed by atoms with E-state index in [9.17, 15) is 28.8 Å². The molecule has 0 bridgehead atoms. The van der Waals surface area contributed by atoms with E-state index in [2.05, 4.69) is 159 Å². The number of carbonyl (C=O) groups excluding carboxylic acids is 5. The summed E-state index contributed by atoms with van der Waals surface area (Å²) in [5.74, 6) is -1.36. The number of alkyl halides is 1. The normalized spacial score (nSPS) is 9.73. The number of ether oxygens (including phenoxy) is 3. The Labute approximate surface area is 820 Å². The largest absolute Gasteiger partial charge is 1.00 e. The second kappa shape index (κ2) is 61.2. The fourth-order valence-electron chi connectivity index (χ4n) is 11.2. The molecule has 39 heteroatoms. The van der Waals surface area contributed by atoms with Gasteiger partial charge in [-0.3, -0.25) is 79.4 Å². The van der Waals surface area contributed by atoms with E-state index in [4.69, 9.17) is 29.9 Å². The molecule has 0 saturated heterocycles. The number of ketones is 2. The zero-order valence-electron chi connectivity index (χ0n) is 72.0. The van der Waals surface area contributed by atoms with Gasteiger partial charge in [0.05, 0.1) is 56.0 Å². The van der Waals surface area contributed by atoms with Crippen LogP contribution in [0.5, 0.6) is 11.5 Å². The number of nitrogens with zero attached hydrogens (tertiary/aromatic N) is 14. The first-order chi connectivity index (χ1) is 63.5. The number of carbonyl (C=O) groups is 6. The molecule has 134 heavy (non-hydrogen) atoms. The van der Waals surface area contributed by atoms with Gasteiger partial charge in [0.2, 0.25) is 0 Å². The number of esters is 3. The van der Waals surface area contributed by atoms with E-state index < -0.39 is 31.0 Å². The van der Waals surface area contributed by atoms with Gasteiger partial charge in [-0.2, -0.15) is 0 Å². The molecule has 0 saturated carbocycles. The third kappa shape index (κ3) is 37.9. The summed E-state index contributed by atoms with van der Waals surface area (Å²) in [6, 6.07) is 40.2. The van der Waals surface area contributed by atoms with Gasteiger partial charge < -0.3 is 54.2 Å². The third-order valence-corrected chi connectivity index (χ3v) is 19.6. The fourth-order valence-corrected chi connectivity index (χ4v) is 13.1. The van der Waals surface area contributed by atoms with Crippen LogP contribution in [0.1, 0.15) is 104 Å². The number of hydrogen-bond donors (Lipinski definition) is 5. The van der Waals surface area contributed by atoms with Gasteiger partial charge in [0.25, 0.3) is 0 Å². The third-order valence-electron chi connectivity index (χ3n) is 17.7. The summed E-state index contributed by atoms with van der Waals surface area (Å²) in [7, 11) is 3.72.